The zero-order chi connectivity index (χ0) is 15.9. The minimum atomic E-state index is -0.0671. The van der Waals surface area contributed by atoms with Gasteiger partial charge in [-0.3, -0.25) is 4.79 Å². The first-order chi connectivity index (χ1) is 10.5. The molecule has 1 atom stereocenters. The van der Waals surface area contributed by atoms with Crippen LogP contribution in [0.25, 0.3) is 10.2 Å². The third-order valence-electron chi connectivity index (χ3n) is 3.90. The highest BCUT2D eigenvalue weighted by atomic mass is 32.1. The van der Waals surface area contributed by atoms with Gasteiger partial charge in [-0.15, -0.1) is 11.3 Å². The molecule has 0 aliphatic rings. The van der Waals surface area contributed by atoms with Gasteiger partial charge in [-0.1, -0.05) is 17.7 Å². The van der Waals surface area contributed by atoms with Gasteiger partial charge < -0.3 is 10.3 Å². The first-order valence-corrected chi connectivity index (χ1v) is 8.10. The van der Waals surface area contributed by atoms with Crippen LogP contribution in [0.2, 0.25) is 0 Å². The Balaban J connectivity index is 1.95. The van der Waals surface area contributed by atoms with Gasteiger partial charge in [0, 0.05) is 10.6 Å². The summed E-state index contributed by atoms with van der Waals surface area (Å²) in [5.74, 6) is 0.666. The largest absolute Gasteiger partial charge is 0.375 e. The van der Waals surface area contributed by atoms with E-state index < -0.39 is 0 Å². The predicted octanol–water partition coefficient (Wildman–Crippen LogP) is 4.08. The van der Waals surface area contributed by atoms with Gasteiger partial charge in [-0.2, -0.15) is 0 Å². The number of anilines is 1. The normalized spacial score (nSPS) is 12.5. The van der Waals surface area contributed by atoms with Crippen LogP contribution in [0, 0.1) is 20.8 Å². The van der Waals surface area contributed by atoms with Crippen LogP contribution in [-0.2, 0) is 0 Å². The molecule has 0 bridgehead atoms. The molecule has 0 aliphatic carbocycles. The smallest absolute Gasteiger partial charge is 0.259 e. The van der Waals surface area contributed by atoms with Crippen LogP contribution in [0.3, 0.4) is 0 Å². The van der Waals surface area contributed by atoms with Crippen molar-refractivity contribution >= 4 is 27.2 Å². The number of rotatable bonds is 3. The van der Waals surface area contributed by atoms with E-state index in [-0.39, 0.29) is 11.6 Å². The molecule has 1 aromatic carbocycles. The van der Waals surface area contributed by atoms with Crippen LogP contribution < -0.4 is 10.9 Å². The fourth-order valence-electron chi connectivity index (χ4n) is 2.44. The summed E-state index contributed by atoms with van der Waals surface area (Å²) < 4.78 is 0. The van der Waals surface area contributed by atoms with Crippen LogP contribution >= 0.6 is 11.3 Å². The van der Waals surface area contributed by atoms with E-state index in [4.69, 9.17) is 0 Å². The maximum Gasteiger partial charge on any atom is 0.259 e. The number of aryl methyl sites for hydroxylation is 3. The molecule has 0 aliphatic heterocycles. The minimum absolute atomic E-state index is 0.0561. The molecule has 5 heteroatoms. The van der Waals surface area contributed by atoms with E-state index in [1.54, 1.807) is 11.3 Å². The molecule has 0 spiro atoms. The van der Waals surface area contributed by atoms with Crippen LogP contribution in [-0.4, -0.2) is 9.97 Å². The Labute approximate surface area is 133 Å². The summed E-state index contributed by atoms with van der Waals surface area (Å²) in [5.41, 5.74) is 3.20. The summed E-state index contributed by atoms with van der Waals surface area (Å²) >= 11 is 1.57. The van der Waals surface area contributed by atoms with Crippen molar-refractivity contribution in [2.24, 2.45) is 0 Å². The number of thiophene rings is 1. The number of fused-ring (bicyclic) bond motifs is 1. The molecule has 2 N–H and O–H groups in total. The van der Waals surface area contributed by atoms with Crippen LogP contribution in [0.1, 0.15) is 34.8 Å². The lowest BCUT2D eigenvalue weighted by molar-refractivity contribution is 0.792. The van der Waals surface area contributed by atoms with Gasteiger partial charge in [0.25, 0.3) is 5.56 Å². The van der Waals surface area contributed by atoms with Gasteiger partial charge in [0.2, 0.25) is 0 Å². The number of aromatic nitrogens is 2. The average molecular weight is 313 g/mol. The number of H-pyrrole nitrogens is 1. The number of aromatic amines is 1. The second-order valence-electron chi connectivity index (χ2n) is 5.65. The zero-order valence-electron chi connectivity index (χ0n) is 13.2. The van der Waals surface area contributed by atoms with E-state index >= 15 is 0 Å². The Bertz CT molecular complexity index is 877. The molecule has 2 heterocycles. The van der Waals surface area contributed by atoms with Crippen molar-refractivity contribution in [1.29, 1.82) is 0 Å². The lowest BCUT2D eigenvalue weighted by Crippen LogP contribution is -2.17. The molecular weight excluding hydrogens is 294 g/mol. The van der Waals surface area contributed by atoms with Crippen LogP contribution in [0.4, 0.5) is 5.69 Å². The summed E-state index contributed by atoms with van der Waals surface area (Å²) in [6.45, 7) is 8.05. The lowest BCUT2D eigenvalue weighted by atomic mass is 10.2. The molecule has 0 saturated carbocycles. The third-order valence-corrected chi connectivity index (χ3v) is 5.00. The number of nitrogens with zero attached hydrogens (tertiary/aromatic N) is 1. The molecular formula is C17H19N3OS. The molecule has 0 fully saturated rings. The molecule has 0 radical (unpaired) electrons. The van der Waals surface area contributed by atoms with Crippen LogP contribution in [0.15, 0.2) is 29.1 Å². The van der Waals surface area contributed by atoms with E-state index in [1.807, 2.05) is 32.9 Å². The highest BCUT2D eigenvalue weighted by molar-refractivity contribution is 7.18. The standard InChI is InChI=1S/C17H19N3OS/c1-9-5-7-13(8-6-9)18-11(3)15-19-16(21)14-10(2)12(4)22-17(14)20-15/h5-8,11,18H,1-4H3,(H,19,20,21)/t11-/m1/s1. The second kappa shape index (κ2) is 5.57. The van der Waals surface area contributed by atoms with Gasteiger partial charge in [0.05, 0.1) is 11.4 Å². The van der Waals surface area contributed by atoms with E-state index in [1.165, 1.54) is 5.56 Å². The fourth-order valence-corrected chi connectivity index (χ4v) is 3.48. The molecule has 0 amide bonds. The highest BCUT2D eigenvalue weighted by Crippen LogP contribution is 2.27. The molecule has 0 saturated heterocycles. The first kappa shape index (κ1) is 14.8. The molecule has 114 valence electrons. The molecule has 3 rings (SSSR count). The Morgan fingerprint density at radius 1 is 1.18 bits per heavy atom. The van der Waals surface area contributed by atoms with E-state index in [0.29, 0.717) is 11.2 Å². The quantitative estimate of drug-likeness (QED) is 0.766. The zero-order valence-corrected chi connectivity index (χ0v) is 14.0. The number of hydrogen-bond donors (Lipinski definition) is 2. The molecule has 4 nitrogen and oxygen atoms in total. The predicted molar refractivity (Wildman–Crippen MR) is 92.9 cm³/mol. The van der Waals surface area contributed by atoms with Gasteiger partial charge in [0.1, 0.15) is 10.7 Å². The minimum Gasteiger partial charge on any atom is -0.375 e. The van der Waals surface area contributed by atoms with Crippen molar-refractivity contribution in [1.82, 2.24) is 9.97 Å². The summed E-state index contributed by atoms with van der Waals surface area (Å²) in [6.07, 6.45) is 0. The first-order valence-electron chi connectivity index (χ1n) is 7.29. The maximum absolute atomic E-state index is 12.3. The molecule has 3 aromatic rings. The molecule has 2 aromatic heterocycles. The Morgan fingerprint density at radius 2 is 1.86 bits per heavy atom. The van der Waals surface area contributed by atoms with Gasteiger partial charge in [0.15, 0.2) is 0 Å². The summed E-state index contributed by atoms with van der Waals surface area (Å²) in [4.78, 5) is 21.8. The topological polar surface area (TPSA) is 57.8 Å². The van der Waals surface area contributed by atoms with E-state index in [9.17, 15) is 4.79 Å². The fraction of sp³-hybridized carbons (Fsp3) is 0.294. The van der Waals surface area contributed by atoms with Gasteiger partial charge in [-0.25, -0.2) is 4.98 Å². The Morgan fingerprint density at radius 3 is 2.55 bits per heavy atom. The van der Waals surface area contributed by atoms with Crippen molar-refractivity contribution in [2.45, 2.75) is 33.7 Å². The second-order valence-corrected chi connectivity index (χ2v) is 6.85. The Hall–Kier alpha value is -2.14. The molecule has 22 heavy (non-hydrogen) atoms. The summed E-state index contributed by atoms with van der Waals surface area (Å²) in [7, 11) is 0. The van der Waals surface area contributed by atoms with E-state index in [0.717, 1.165) is 21.0 Å². The maximum atomic E-state index is 12.3. The molecule has 0 unspecified atom stereocenters. The summed E-state index contributed by atoms with van der Waals surface area (Å²) in [6, 6.07) is 8.10. The monoisotopic (exact) mass is 313 g/mol. The van der Waals surface area contributed by atoms with Crippen molar-refractivity contribution in [3.63, 3.8) is 0 Å². The van der Waals surface area contributed by atoms with Crippen molar-refractivity contribution < 1.29 is 0 Å². The van der Waals surface area contributed by atoms with E-state index in [2.05, 4.69) is 34.3 Å². The third kappa shape index (κ3) is 2.64. The van der Waals surface area contributed by atoms with Gasteiger partial charge >= 0.3 is 0 Å². The average Bonchev–Trinajstić information content (AvgIpc) is 2.77. The van der Waals surface area contributed by atoms with Crippen LogP contribution in [0.5, 0.6) is 0 Å². The lowest BCUT2D eigenvalue weighted by Gasteiger charge is -2.14. The van der Waals surface area contributed by atoms with Crippen molar-refractivity contribution in [3.8, 4) is 0 Å². The van der Waals surface area contributed by atoms with Gasteiger partial charge in [-0.05, 0) is 45.4 Å². The van der Waals surface area contributed by atoms with Crippen molar-refractivity contribution in [3.05, 3.63) is 56.4 Å². The number of hydrogen-bond acceptors (Lipinski definition) is 4. The number of benzene rings is 1. The SMILES string of the molecule is Cc1ccc(N[C@H](C)c2nc3sc(C)c(C)c3c(=O)[nH]2)cc1. The highest BCUT2D eigenvalue weighted by Gasteiger charge is 2.15. The van der Waals surface area contributed by atoms with Crippen molar-refractivity contribution in [2.75, 3.05) is 5.32 Å². The summed E-state index contributed by atoms with van der Waals surface area (Å²) in [5, 5.41) is 4.09. The Kier molecular flexibility index (Phi) is 3.74. The number of nitrogens with one attached hydrogen (secondary N) is 2.